The van der Waals surface area contributed by atoms with Crippen LogP contribution in [0.25, 0.3) is 10.9 Å². The van der Waals surface area contributed by atoms with Crippen molar-refractivity contribution >= 4 is 34.5 Å². The highest BCUT2D eigenvalue weighted by atomic mass is 32.2. The highest BCUT2D eigenvalue weighted by molar-refractivity contribution is 7.99. The summed E-state index contributed by atoms with van der Waals surface area (Å²) in [5, 5.41) is 0.834. The molecular formula is C18H16N4O3S. The van der Waals surface area contributed by atoms with Gasteiger partial charge in [0.15, 0.2) is 5.16 Å². The third kappa shape index (κ3) is 4.09. The fourth-order valence-corrected chi connectivity index (χ4v) is 2.99. The predicted molar refractivity (Wildman–Crippen MR) is 99.9 cm³/mol. The Bertz CT molecular complexity index is 1030. The Kier molecular flexibility index (Phi) is 5.33. The van der Waals surface area contributed by atoms with E-state index in [2.05, 4.69) is 20.8 Å². The second-order valence-electron chi connectivity index (χ2n) is 5.49. The molecule has 132 valence electrons. The SMILES string of the molecule is Cc1ccccc1C(=O)NNC(=O)CSc1nc2ccccc2c(=O)[nH]1. The van der Waals surface area contributed by atoms with Crippen LogP contribution in [0.3, 0.4) is 0 Å². The van der Waals surface area contributed by atoms with E-state index in [-0.39, 0.29) is 11.3 Å². The number of para-hydroxylation sites is 1. The van der Waals surface area contributed by atoms with Crippen molar-refractivity contribution < 1.29 is 9.59 Å². The summed E-state index contributed by atoms with van der Waals surface area (Å²) in [6.07, 6.45) is 0. The van der Waals surface area contributed by atoms with Gasteiger partial charge >= 0.3 is 0 Å². The van der Waals surface area contributed by atoms with Crippen molar-refractivity contribution in [3.05, 3.63) is 70.0 Å². The number of amides is 2. The molecule has 0 aliphatic carbocycles. The Morgan fingerprint density at radius 1 is 1.08 bits per heavy atom. The number of fused-ring (bicyclic) bond motifs is 1. The van der Waals surface area contributed by atoms with Crippen LogP contribution in [0, 0.1) is 6.92 Å². The molecular weight excluding hydrogens is 352 g/mol. The van der Waals surface area contributed by atoms with Gasteiger partial charge in [0.2, 0.25) is 5.91 Å². The number of aromatic amines is 1. The van der Waals surface area contributed by atoms with Gasteiger partial charge in [0.1, 0.15) is 0 Å². The zero-order valence-electron chi connectivity index (χ0n) is 13.9. The zero-order valence-corrected chi connectivity index (χ0v) is 14.7. The molecule has 0 spiro atoms. The minimum Gasteiger partial charge on any atom is -0.301 e. The second kappa shape index (κ2) is 7.83. The summed E-state index contributed by atoms with van der Waals surface area (Å²) in [5.41, 5.74) is 6.33. The summed E-state index contributed by atoms with van der Waals surface area (Å²) in [5.74, 6) is -0.804. The van der Waals surface area contributed by atoms with Crippen LogP contribution in [0.15, 0.2) is 58.5 Å². The minimum atomic E-state index is -0.409. The van der Waals surface area contributed by atoms with E-state index in [1.165, 1.54) is 0 Å². The first-order chi connectivity index (χ1) is 12.5. The quantitative estimate of drug-likeness (QED) is 0.370. The first-order valence-corrected chi connectivity index (χ1v) is 8.80. The van der Waals surface area contributed by atoms with Crippen molar-refractivity contribution in [1.82, 2.24) is 20.8 Å². The number of carbonyl (C=O) groups excluding carboxylic acids is 2. The van der Waals surface area contributed by atoms with Crippen LogP contribution in [0.2, 0.25) is 0 Å². The number of rotatable bonds is 4. The molecule has 8 heteroatoms. The number of H-pyrrole nitrogens is 1. The van der Waals surface area contributed by atoms with Gasteiger partial charge in [-0.05, 0) is 30.7 Å². The van der Waals surface area contributed by atoms with Crippen molar-refractivity contribution in [3.8, 4) is 0 Å². The third-order valence-electron chi connectivity index (χ3n) is 3.64. The molecule has 7 nitrogen and oxygen atoms in total. The van der Waals surface area contributed by atoms with Gasteiger partial charge in [-0.3, -0.25) is 25.2 Å². The van der Waals surface area contributed by atoms with E-state index in [0.29, 0.717) is 21.6 Å². The van der Waals surface area contributed by atoms with Gasteiger partial charge in [-0.2, -0.15) is 0 Å². The molecule has 0 bridgehead atoms. The molecule has 0 fully saturated rings. The fraction of sp³-hybridized carbons (Fsp3) is 0.111. The first-order valence-electron chi connectivity index (χ1n) is 7.81. The molecule has 0 saturated heterocycles. The maximum Gasteiger partial charge on any atom is 0.269 e. The molecule has 0 saturated carbocycles. The van der Waals surface area contributed by atoms with Gasteiger partial charge in [0.05, 0.1) is 16.7 Å². The van der Waals surface area contributed by atoms with Crippen molar-refractivity contribution in [1.29, 1.82) is 0 Å². The molecule has 0 unspecified atom stereocenters. The summed E-state index contributed by atoms with van der Waals surface area (Å²) in [6, 6.07) is 14.0. The lowest BCUT2D eigenvalue weighted by molar-refractivity contribution is -0.119. The monoisotopic (exact) mass is 368 g/mol. The van der Waals surface area contributed by atoms with E-state index in [1.54, 1.807) is 36.4 Å². The fourth-order valence-electron chi connectivity index (χ4n) is 2.32. The number of hydrogen-bond acceptors (Lipinski definition) is 5. The zero-order chi connectivity index (χ0) is 18.5. The van der Waals surface area contributed by atoms with Crippen molar-refractivity contribution in [2.75, 3.05) is 5.75 Å². The second-order valence-corrected chi connectivity index (χ2v) is 6.46. The van der Waals surface area contributed by atoms with E-state index >= 15 is 0 Å². The van der Waals surface area contributed by atoms with Crippen LogP contribution >= 0.6 is 11.8 Å². The molecule has 0 aliphatic heterocycles. The average Bonchev–Trinajstić information content (AvgIpc) is 2.65. The minimum absolute atomic E-state index is 0.00463. The normalized spacial score (nSPS) is 10.5. The van der Waals surface area contributed by atoms with E-state index in [9.17, 15) is 14.4 Å². The van der Waals surface area contributed by atoms with Crippen LogP contribution in [0.4, 0.5) is 0 Å². The van der Waals surface area contributed by atoms with Crippen molar-refractivity contribution in [2.24, 2.45) is 0 Å². The average molecular weight is 368 g/mol. The molecule has 3 aromatic rings. The number of thioether (sulfide) groups is 1. The Morgan fingerprint density at radius 2 is 1.81 bits per heavy atom. The van der Waals surface area contributed by atoms with E-state index in [4.69, 9.17) is 0 Å². The van der Waals surface area contributed by atoms with Gasteiger partial charge in [-0.25, -0.2) is 4.98 Å². The van der Waals surface area contributed by atoms with E-state index < -0.39 is 11.8 Å². The summed E-state index contributed by atoms with van der Waals surface area (Å²) in [4.78, 5) is 42.9. The first kappa shape index (κ1) is 17.7. The van der Waals surface area contributed by atoms with Gasteiger partial charge in [-0.1, -0.05) is 42.1 Å². The molecule has 26 heavy (non-hydrogen) atoms. The Labute approximate surface area is 153 Å². The number of carbonyl (C=O) groups is 2. The van der Waals surface area contributed by atoms with Crippen molar-refractivity contribution in [3.63, 3.8) is 0 Å². The number of nitrogens with zero attached hydrogens (tertiary/aromatic N) is 1. The van der Waals surface area contributed by atoms with Crippen LogP contribution in [0.1, 0.15) is 15.9 Å². The summed E-state index contributed by atoms with van der Waals surface area (Å²) < 4.78 is 0. The molecule has 0 aliphatic rings. The van der Waals surface area contributed by atoms with Crippen LogP contribution < -0.4 is 16.4 Å². The van der Waals surface area contributed by atoms with Gasteiger partial charge < -0.3 is 4.98 Å². The molecule has 1 aromatic heterocycles. The summed E-state index contributed by atoms with van der Waals surface area (Å²) >= 11 is 1.08. The number of hydrazine groups is 1. The molecule has 1 heterocycles. The lowest BCUT2D eigenvalue weighted by Crippen LogP contribution is -2.42. The van der Waals surface area contributed by atoms with Gasteiger partial charge in [0.25, 0.3) is 11.5 Å². The van der Waals surface area contributed by atoms with Crippen molar-refractivity contribution in [2.45, 2.75) is 12.1 Å². The number of aryl methyl sites for hydroxylation is 1. The van der Waals surface area contributed by atoms with Crippen LogP contribution in [0.5, 0.6) is 0 Å². The topological polar surface area (TPSA) is 104 Å². The largest absolute Gasteiger partial charge is 0.301 e. The lowest BCUT2D eigenvalue weighted by Gasteiger charge is -2.09. The lowest BCUT2D eigenvalue weighted by atomic mass is 10.1. The van der Waals surface area contributed by atoms with Gasteiger partial charge in [0, 0.05) is 5.56 Å². The van der Waals surface area contributed by atoms with Crippen LogP contribution in [-0.4, -0.2) is 27.5 Å². The predicted octanol–water partition coefficient (Wildman–Crippen LogP) is 1.78. The molecule has 2 amide bonds. The Morgan fingerprint density at radius 3 is 2.62 bits per heavy atom. The molecule has 3 N–H and O–H groups in total. The number of benzene rings is 2. The highest BCUT2D eigenvalue weighted by Crippen LogP contribution is 2.14. The number of hydrogen-bond donors (Lipinski definition) is 3. The Balaban J connectivity index is 1.57. The molecule has 3 rings (SSSR count). The maximum absolute atomic E-state index is 12.0. The van der Waals surface area contributed by atoms with E-state index in [0.717, 1.165) is 17.3 Å². The summed E-state index contributed by atoms with van der Waals surface area (Å²) in [6.45, 7) is 1.81. The summed E-state index contributed by atoms with van der Waals surface area (Å²) in [7, 11) is 0. The van der Waals surface area contributed by atoms with Crippen LogP contribution in [-0.2, 0) is 4.79 Å². The molecule has 0 atom stereocenters. The van der Waals surface area contributed by atoms with E-state index in [1.807, 2.05) is 19.1 Å². The molecule has 2 aromatic carbocycles. The number of nitrogens with one attached hydrogen (secondary N) is 3. The Hall–Kier alpha value is -3.13. The number of aromatic nitrogens is 2. The smallest absolute Gasteiger partial charge is 0.269 e. The molecule has 0 radical (unpaired) electrons. The maximum atomic E-state index is 12.0. The third-order valence-corrected chi connectivity index (χ3v) is 4.51. The van der Waals surface area contributed by atoms with Gasteiger partial charge in [-0.15, -0.1) is 0 Å². The highest BCUT2D eigenvalue weighted by Gasteiger charge is 2.11. The standard InChI is InChI=1S/C18H16N4O3S/c1-11-6-2-3-7-12(11)17(25)22-21-15(23)10-26-18-19-14-9-5-4-8-13(14)16(24)20-18/h2-9H,10H2,1H3,(H,21,23)(H,22,25)(H,19,20,24).